The molecule has 5 unspecified atom stereocenters. The molecule has 2 bridgehead atoms. The van der Waals surface area contributed by atoms with Crippen LogP contribution in [0, 0.1) is 17.8 Å². The van der Waals surface area contributed by atoms with E-state index in [4.69, 9.17) is 0 Å². The molecule has 4 heterocycles. The SMILES string of the molecule is CN1C(=O)C2C(C1=O)C1C=C(CCCO)C2C(c2ccc(CN3CCCC3)cc2)N1C. The molecule has 1 aromatic rings. The van der Waals surface area contributed by atoms with Gasteiger partial charge in [0, 0.05) is 38.2 Å². The number of nitrogens with zero attached hydrogens (tertiary/aromatic N) is 3. The Morgan fingerprint density at radius 1 is 0.968 bits per heavy atom. The molecule has 2 amide bonds. The molecular formula is C25H33N3O3. The minimum absolute atomic E-state index is 0.0163. The lowest BCUT2D eigenvalue weighted by Gasteiger charge is -2.53. The summed E-state index contributed by atoms with van der Waals surface area (Å²) in [5.41, 5.74) is 3.78. The summed E-state index contributed by atoms with van der Waals surface area (Å²) in [6, 6.07) is 8.90. The molecule has 1 N–H and O–H groups in total. The van der Waals surface area contributed by atoms with Crippen molar-refractivity contribution in [3.8, 4) is 0 Å². The predicted molar refractivity (Wildman–Crippen MR) is 118 cm³/mol. The Hall–Kier alpha value is -2.02. The molecule has 1 aliphatic carbocycles. The lowest BCUT2D eigenvalue weighted by molar-refractivity contribution is -0.138. The van der Waals surface area contributed by atoms with Crippen molar-refractivity contribution in [3.63, 3.8) is 0 Å². The van der Waals surface area contributed by atoms with Crippen LogP contribution >= 0.6 is 0 Å². The maximum absolute atomic E-state index is 13.1. The van der Waals surface area contributed by atoms with E-state index >= 15 is 0 Å². The largest absolute Gasteiger partial charge is 0.396 e. The van der Waals surface area contributed by atoms with Crippen molar-refractivity contribution in [1.82, 2.24) is 14.7 Å². The molecule has 6 nitrogen and oxygen atoms in total. The summed E-state index contributed by atoms with van der Waals surface area (Å²) < 4.78 is 0. The van der Waals surface area contributed by atoms with Crippen molar-refractivity contribution >= 4 is 11.8 Å². The van der Waals surface area contributed by atoms with Crippen LogP contribution in [0.25, 0.3) is 0 Å². The Morgan fingerprint density at radius 2 is 1.65 bits per heavy atom. The first-order chi connectivity index (χ1) is 15.0. The summed E-state index contributed by atoms with van der Waals surface area (Å²) in [5, 5.41) is 9.40. The second-order valence-corrected chi connectivity index (χ2v) is 9.71. The van der Waals surface area contributed by atoms with Crippen LogP contribution in [0.2, 0.25) is 0 Å². The molecule has 3 fully saturated rings. The van der Waals surface area contributed by atoms with E-state index in [1.165, 1.54) is 47.5 Å². The average molecular weight is 424 g/mol. The Balaban J connectivity index is 1.46. The Morgan fingerprint density at radius 3 is 2.32 bits per heavy atom. The average Bonchev–Trinajstić information content (AvgIpc) is 3.37. The van der Waals surface area contributed by atoms with Crippen LogP contribution in [0.3, 0.4) is 0 Å². The monoisotopic (exact) mass is 423 g/mol. The molecule has 6 heteroatoms. The maximum Gasteiger partial charge on any atom is 0.234 e. The maximum atomic E-state index is 13.1. The highest BCUT2D eigenvalue weighted by molar-refractivity contribution is 6.06. The third-order valence-corrected chi connectivity index (χ3v) is 7.99. The number of hydrogen-bond acceptors (Lipinski definition) is 5. The number of imide groups is 1. The molecule has 6 rings (SSSR count). The Bertz CT molecular complexity index is 890. The molecule has 5 aliphatic rings. The molecule has 166 valence electrons. The van der Waals surface area contributed by atoms with Gasteiger partial charge in [-0.1, -0.05) is 35.9 Å². The zero-order chi connectivity index (χ0) is 21.7. The van der Waals surface area contributed by atoms with Gasteiger partial charge in [-0.3, -0.25) is 24.3 Å². The van der Waals surface area contributed by atoms with E-state index in [1.54, 1.807) is 7.05 Å². The molecule has 0 spiro atoms. The van der Waals surface area contributed by atoms with Crippen LogP contribution in [-0.2, 0) is 16.1 Å². The highest BCUT2D eigenvalue weighted by Crippen LogP contribution is 2.55. The molecule has 1 aromatic carbocycles. The van der Waals surface area contributed by atoms with Crippen LogP contribution in [0.5, 0.6) is 0 Å². The summed E-state index contributed by atoms with van der Waals surface area (Å²) in [4.78, 5) is 32.1. The van der Waals surface area contributed by atoms with Gasteiger partial charge in [-0.2, -0.15) is 0 Å². The number of fused-ring (bicyclic) bond motifs is 1. The van der Waals surface area contributed by atoms with Gasteiger partial charge in [0.25, 0.3) is 0 Å². The fraction of sp³-hybridized carbons (Fsp3) is 0.600. The van der Waals surface area contributed by atoms with Gasteiger partial charge >= 0.3 is 0 Å². The fourth-order valence-electron chi connectivity index (χ4n) is 6.47. The van der Waals surface area contributed by atoms with E-state index in [0.717, 1.165) is 13.0 Å². The number of carbonyl (C=O) groups is 2. The number of likely N-dealkylation sites (tertiary alicyclic amines) is 2. The lowest BCUT2D eigenvalue weighted by atomic mass is 9.61. The highest BCUT2D eigenvalue weighted by Gasteiger charge is 2.62. The molecule has 31 heavy (non-hydrogen) atoms. The lowest BCUT2D eigenvalue weighted by Crippen LogP contribution is -2.57. The summed E-state index contributed by atoms with van der Waals surface area (Å²) in [6.45, 7) is 3.50. The fourth-order valence-corrected chi connectivity index (χ4v) is 6.47. The van der Waals surface area contributed by atoms with Gasteiger partial charge in [0.05, 0.1) is 11.8 Å². The second-order valence-electron chi connectivity index (χ2n) is 9.71. The van der Waals surface area contributed by atoms with E-state index in [0.29, 0.717) is 6.42 Å². The van der Waals surface area contributed by atoms with Crippen molar-refractivity contribution in [3.05, 3.63) is 47.0 Å². The number of aliphatic hydroxyl groups is 1. The minimum atomic E-state index is -0.285. The first kappa shape index (κ1) is 20.9. The van der Waals surface area contributed by atoms with Gasteiger partial charge in [0.15, 0.2) is 0 Å². The number of likely N-dealkylation sites (N-methyl/N-ethyl adjacent to an activating group) is 1. The van der Waals surface area contributed by atoms with Gasteiger partial charge in [0.1, 0.15) is 0 Å². The standard InChI is InChI=1S/C25H33N3O3/c1-26-19-14-18(6-5-13-29)20(22-21(19)24(30)27(2)25(22)31)23(26)17-9-7-16(8-10-17)15-28-11-3-4-12-28/h7-10,14,19-23,29H,3-6,11-13,15H2,1-2H3. The van der Waals surface area contributed by atoms with Crippen molar-refractivity contribution in [2.45, 2.75) is 44.3 Å². The van der Waals surface area contributed by atoms with Crippen molar-refractivity contribution in [2.75, 3.05) is 33.8 Å². The zero-order valence-corrected chi connectivity index (χ0v) is 18.5. The van der Waals surface area contributed by atoms with Gasteiger partial charge in [-0.15, -0.1) is 0 Å². The number of hydrogen-bond donors (Lipinski definition) is 1. The predicted octanol–water partition coefficient (Wildman–Crippen LogP) is 2.20. The smallest absolute Gasteiger partial charge is 0.234 e. The summed E-state index contributed by atoms with van der Waals surface area (Å²) in [5.74, 6) is -0.669. The van der Waals surface area contributed by atoms with Gasteiger partial charge in [-0.25, -0.2) is 0 Å². The van der Waals surface area contributed by atoms with Crippen molar-refractivity contribution in [1.29, 1.82) is 0 Å². The highest BCUT2D eigenvalue weighted by atomic mass is 16.3. The second kappa shape index (κ2) is 8.15. The van der Waals surface area contributed by atoms with Crippen LogP contribution < -0.4 is 0 Å². The summed E-state index contributed by atoms with van der Waals surface area (Å²) in [6.07, 6.45) is 6.27. The quantitative estimate of drug-likeness (QED) is 0.561. The van der Waals surface area contributed by atoms with Crippen molar-refractivity contribution in [2.24, 2.45) is 17.8 Å². The number of aliphatic hydroxyl groups excluding tert-OH is 1. The number of rotatable bonds is 6. The van der Waals surface area contributed by atoms with Crippen LogP contribution in [0.1, 0.15) is 42.9 Å². The van der Waals surface area contributed by atoms with Crippen LogP contribution in [0.15, 0.2) is 35.9 Å². The molecule has 3 saturated heterocycles. The molecule has 4 aliphatic heterocycles. The van der Waals surface area contributed by atoms with E-state index in [-0.39, 0.29) is 48.3 Å². The molecule has 0 saturated carbocycles. The Labute approximate surface area is 184 Å². The summed E-state index contributed by atoms with van der Waals surface area (Å²) in [7, 11) is 3.71. The number of carbonyl (C=O) groups excluding carboxylic acids is 2. The van der Waals surface area contributed by atoms with E-state index < -0.39 is 0 Å². The van der Waals surface area contributed by atoms with Crippen LogP contribution in [0.4, 0.5) is 0 Å². The van der Waals surface area contributed by atoms with E-state index in [2.05, 4.69) is 47.2 Å². The number of benzene rings is 1. The summed E-state index contributed by atoms with van der Waals surface area (Å²) >= 11 is 0. The molecule has 0 aromatic heterocycles. The first-order valence-electron chi connectivity index (χ1n) is 11.7. The first-order valence-corrected chi connectivity index (χ1v) is 11.7. The topological polar surface area (TPSA) is 64.1 Å². The van der Waals surface area contributed by atoms with E-state index in [9.17, 15) is 14.7 Å². The molecular weight excluding hydrogens is 390 g/mol. The molecule has 5 atom stereocenters. The van der Waals surface area contributed by atoms with Gasteiger partial charge in [-0.05, 0) is 56.9 Å². The van der Waals surface area contributed by atoms with Crippen molar-refractivity contribution < 1.29 is 14.7 Å². The van der Waals surface area contributed by atoms with Gasteiger partial charge < -0.3 is 5.11 Å². The minimum Gasteiger partial charge on any atom is -0.396 e. The molecule has 0 radical (unpaired) electrons. The van der Waals surface area contributed by atoms with E-state index in [1.807, 2.05) is 0 Å². The number of amides is 2. The third-order valence-electron chi connectivity index (χ3n) is 7.99. The van der Waals surface area contributed by atoms with Crippen LogP contribution in [-0.4, -0.2) is 71.5 Å². The third kappa shape index (κ3) is 3.36. The zero-order valence-electron chi connectivity index (χ0n) is 18.5. The van der Waals surface area contributed by atoms with Gasteiger partial charge in [0.2, 0.25) is 11.8 Å². The number of piperidine rings is 1. The Kier molecular flexibility index (Phi) is 5.49. The normalized spacial score (nSPS) is 33.3.